The molecule has 0 aromatic carbocycles. The standard InChI is InChI=1S/C15H22N6O2/c1-8(2)12-6-10(14(22)19-20-15(23)16-5)11-7-17-21(9(3)4)13(11)18-12/h6-9H,1-5H3,(H,19,22)(H2,16,20,23). The molecule has 0 spiro atoms. The van der Waals surface area contributed by atoms with Gasteiger partial charge in [-0.1, -0.05) is 13.8 Å². The van der Waals surface area contributed by atoms with E-state index < -0.39 is 11.9 Å². The minimum absolute atomic E-state index is 0.127. The molecular formula is C15H22N6O2. The third kappa shape index (κ3) is 3.41. The molecule has 0 unspecified atom stereocenters. The summed E-state index contributed by atoms with van der Waals surface area (Å²) < 4.78 is 1.78. The quantitative estimate of drug-likeness (QED) is 0.750. The Morgan fingerprint density at radius 2 is 1.87 bits per heavy atom. The Labute approximate surface area is 134 Å². The number of hydrazine groups is 1. The van der Waals surface area contributed by atoms with Crippen LogP contribution in [0.2, 0.25) is 0 Å². The lowest BCUT2D eigenvalue weighted by molar-refractivity contribution is 0.0938. The minimum Gasteiger partial charge on any atom is -0.340 e. The van der Waals surface area contributed by atoms with Gasteiger partial charge in [0, 0.05) is 18.8 Å². The summed E-state index contributed by atoms with van der Waals surface area (Å²) in [6, 6.07) is 1.37. The molecule has 2 heterocycles. The van der Waals surface area contributed by atoms with Crippen LogP contribution in [0, 0.1) is 0 Å². The van der Waals surface area contributed by atoms with E-state index in [4.69, 9.17) is 0 Å². The number of fused-ring (bicyclic) bond motifs is 1. The van der Waals surface area contributed by atoms with E-state index in [0.717, 1.165) is 5.69 Å². The van der Waals surface area contributed by atoms with E-state index in [9.17, 15) is 9.59 Å². The Bertz CT molecular complexity index is 735. The predicted molar refractivity (Wildman–Crippen MR) is 87.1 cm³/mol. The topological polar surface area (TPSA) is 101 Å². The van der Waals surface area contributed by atoms with Crippen LogP contribution in [0.1, 0.15) is 55.7 Å². The maximum Gasteiger partial charge on any atom is 0.333 e. The zero-order valence-corrected chi connectivity index (χ0v) is 14.0. The molecule has 0 fully saturated rings. The first-order valence-electron chi connectivity index (χ1n) is 7.51. The van der Waals surface area contributed by atoms with Crippen molar-refractivity contribution in [2.45, 2.75) is 39.7 Å². The summed E-state index contributed by atoms with van der Waals surface area (Å²) in [5.74, 6) is -0.250. The molecule has 0 saturated heterocycles. The second-order valence-corrected chi connectivity index (χ2v) is 5.83. The van der Waals surface area contributed by atoms with Crippen molar-refractivity contribution in [3.8, 4) is 0 Å². The zero-order valence-electron chi connectivity index (χ0n) is 14.0. The summed E-state index contributed by atoms with van der Waals surface area (Å²) in [6.45, 7) is 8.02. The lowest BCUT2D eigenvalue weighted by Crippen LogP contribution is -2.45. The Hall–Kier alpha value is -2.64. The molecule has 8 heteroatoms. The van der Waals surface area contributed by atoms with Crippen molar-refractivity contribution in [1.82, 2.24) is 30.9 Å². The van der Waals surface area contributed by atoms with Crippen molar-refractivity contribution in [2.75, 3.05) is 7.05 Å². The predicted octanol–water partition coefficient (Wildman–Crippen LogP) is 1.71. The van der Waals surface area contributed by atoms with Crippen LogP contribution in [0.25, 0.3) is 11.0 Å². The molecule has 0 saturated carbocycles. The Morgan fingerprint density at radius 1 is 1.17 bits per heavy atom. The number of nitrogens with one attached hydrogen (secondary N) is 3. The van der Waals surface area contributed by atoms with Crippen LogP contribution in [0.3, 0.4) is 0 Å². The SMILES string of the molecule is CNC(=O)NNC(=O)c1cc(C(C)C)nc2c1cnn2C(C)C. The maximum atomic E-state index is 12.4. The number of aromatic nitrogens is 3. The van der Waals surface area contributed by atoms with Crippen molar-refractivity contribution >= 4 is 23.0 Å². The van der Waals surface area contributed by atoms with Gasteiger partial charge in [-0.15, -0.1) is 0 Å². The van der Waals surface area contributed by atoms with E-state index >= 15 is 0 Å². The van der Waals surface area contributed by atoms with Gasteiger partial charge in [0.25, 0.3) is 5.91 Å². The van der Waals surface area contributed by atoms with Gasteiger partial charge in [-0.2, -0.15) is 5.10 Å². The van der Waals surface area contributed by atoms with Crippen LogP contribution in [-0.4, -0.2) is 33.8 Å². The smallest absolute Gasteiger partial charge is 0.333 e. The number of carbonyl (C=O) groups excluding carboxylic acids is 2. The van der Waals surface area contributed by atoms with Gasteiger partial charge in [0.15, 0.2) is 5.65 Å². The van der Waals surface area contributed by atoms with Crippen molar-refractivity contribution in [2.24, 2.45) is 0 Å². The van der Waals surface area contributed by atoms with Gasteiger partial charge < -0.3 is 5.32 Å². The number of rotatable bonds is 3. The highest BCUT2D eigenvalue weighted by molar-refractivity contribution is 6.05. The van der Waals surface area contributed by atoms with Gasteiger partial charge in [-0.05, 0) is 25.8 Å². The number of carbonyl (C=O) groups is 2. The van der Waals surface area contributed by atoms with Gasteiger partial charge in [-0.3, -0.25) is 10.2 Å². The van der Waals surface area contributed by atoms with Crippen LogP contribution >= 0.6 is 0 Å². The Balaban J connectivity index is 2.49. The van der Waals surface area contributed by atoms with Gasteiger partial charge >= 0.3 is 6.03 Å². The molecule has 3 amide bonds. The second-order valence-electron chi connectivity index (χ2n) is 5.83. The fourth-order valence-corrected chi connectivity index (χ4v) is 2.14. The van der Waals surface area contributed by atoms with Crippen LogP contribution < -0.4 is 16.2 Å². The first-order chi connectivity index (χ1) is 10.8. The fourth-order valence-electron chi connectivity index (χ4n) is 2.14. The Morgan fingerprint density at radius 3 is 2.43 bits per heavy atom. The number of pyridine rings is 1. The van der Waals surface area contributed by atoms with E-state index in [-0.39, 0.29) is 12.0 Å². The van der Waals surface area contributed by atoms with E-state index in [1.807, 2.05) is 27.7 Å². The molecule has 0 aliphatic rings. The molecular weight excluding hydrogens is 296 g/mol. The van der Waals surface area contributed by atoms with Crippen molar-refractivity contribution in [1.29, 1.82) is 0 Å². The second kappa shape index (κ2) is 6.64. The number of nitrogens with zero attached hydrogens (tertiary/aromatic N) is 3. The summed E-state index contributed by atoms with van der Waals surface area (Å²) in [4.78, 5) is 28.3. The van der Waals surface area contributed by atoms with Gasteiger partial charge in [0.1, 0.15) is 0 Å². The third-order valence-electron chi connectivity index (χ3n) is 3.43. The van der Waals surface area contributed by atoms with Crippen molar-refractivity contribution in [3.63, 3.8) is 0 Å². The molecule has 0 bridgehead atoms. The number of hydrogen-bond donors (Lipinski definition) is 3. The monoisotopic (exact) mass is 318 g/mol. The molecule has 0 atom stereocenters. The van der Waals surface area contributed by atoms with E-state index in [1.54, 1.807) is 16.9 Å². The lowest BCUT2D eigenvalue weighted by atomic mass is 10.1. The van der Waals surface area contributed by atoms with Crippen molar-refractivity contribution in [3.05, 3.63) is 23.5 Å². The van der Waals surface area contributed by atoms with Crippen LogP contribution in [-0.2, 0) is 0 Å². The molecule has 0 aliphatic heterocycles. The first kappa shape index (κ1) is 16.7. The largest absolute Gasteiger partial charge is 0.340 e. The zero-order chi connectivity index (χ0) is 17.1. The summed E-state index contributed by atoms with van der Waals surface area (Å²) >= 11 is 0. The van der Waals surface area contributed by atoms with Crippen LogP contribution in [0.15, 0.2) is 12.3 Å². The third-order valence-corrected chi connectivity index (χ3v) is 3.43. The van der Waals surface area contributed by atoms with Gasteiger partial charge in [0.05, 0.1) is 17.1 Å². The van der Waals surface area contributed by atoms with Gasteiger partial charge in [-0.25, -0.2) is 19.9 Å². The Kier molecular flexibility index (Phi) is 4.83. The molecule has 2 aromatic rings. The van der Waals surface area contributed by atoms with Crippen LogP contribution in [0.5, 0.6) is 0 Å². The summed E-state index contributed by atoms with van der Waals surface area (Å²) in [5.41, 5.74) is 6.55. The maximum absolute atomic E-state index is 12.4. The van der Waals surface area contributed by atoms with Crippen LogP contribution in [0.4, 0.5) is 4.79 Å². The normalized spacial score (nSPS) is 11.1. The highest BCUT2D eigenvalue weighted by Gasteiger charge is 2.19. The molecule has 2 rings (SSSR count). The highest BCUT2D eigenvalue weighted by atomic mass is 16.2. The molecule has 0 aliphatic carbocycles. The van der Waals surface area contributed by atoms with Crippen molar-refractivity contribution < 1.29 is 9.59 Å². The fraction of sp³-hybridized carbons (Fsp3) is 0.467. The lowest BCUT2D eigenvalue weighted by Gasteiger charge is -2.12. The summed E-state index contributed by atoms with van der Waals surface area (Å²) in [5, 5.41) is 7.34. The van der Waals surface area contributed by atoms with E-state index in [1.165, 1.54) is 7.05 Å². The average Bonchev–Trinajstić information content (AvgIpc) is 2.95. The number of urea groups is 1. The highest BCUT2D eigenvalue weighted by Crippen LogP contribution is 2.24. The summed E-state index contributed by atoms with van der Waals surface area (Å²) in [7, 11) is 1.47. The number of amides is 3. The molecule has 0 radical (unpaired) electrons. The molecule has 2 aromatic heterocycles. The van der Waals surface area contributed by atoms with E-state index in [2.05, 4.69) is 26.3 Å². The van der Waals surface area contributed by atoms with Gasteiger partial charge in [0.2, 0.25) is 0 Å². The first-order valence-corrected chi connectivity index (χ1v) is 7.51. The summed E-state index contributed by atoms with van der Waals surface area (Å²) in [6.07, 6.45) is 1.63. The number of hydrogen-bond acceptors (Lipinski definition) is 4. The molecule has 3 N–H and O–H groups in total. The molecule has 8 nitrogen and oxygen atoms in total. The van der Waals surface area contributed by atoms with E-state index in [0.29, 0.717) is 16.6 Å². The minimum atomic E-state index is -0.495. The molecule has 23 heavy (non-hydrogen) atoms. The average molecular weight is 318 g/mol. The molecule has 124 valence electrons.